The van der Waals surface area contributed by atoms with E-state index in [0.29, 0.717) is 31.2 Å². The van der Waals surface area contributed by atoms with Crippen molar-refractivity contribution in [1.82, 2.24) is 8.61 Å². The first kappa shape index (κ1) is 17.0. The molecule has 1 aromatic rings. The lowest BCUT2D eigenvalue weighted by Gasteiger charge is -2.36. The Morgan fingerprint density at radius 2 is 2.00 bits per heavy atom. The van der Waals surface area contributed by atoms with E-state index in [1.807, 2.05) is 30.3 Å². The largest absolute Gasteiger partial charge is 0.369 e. The molecule has 8 heteroatoms. The molecule has 2 rings (SSSR count). The van der Waals surface area contributed by atoms with Crippen LogP contribution in [0.1, 0.15) is 6.42 Å². The predicted molar refractivity (Wildman–Crippen MR) is 87.0 cm³/mol. The summed E-state index contributed by atoms with van der Waals surface area (Å²) in [4.78, 5) is 2.12. The fourth-order valence-corrected chi connectivity index (χ4v) is 3.90. The molecule has 1 aliphatic rings. The van der Waals surface area contributed by atoms with Crippen molar-refractivity contribution in [3.05, 3.63) is 29.3 Å². The number of hydrogen-bond acceptors (Lipinski definition) is 4. The Bertz CT molecular complexity index is 651. The van der Waals surface area contributed by atoms with Crippen LogP contribution >= 0.6 is 11.6 Å². The summed E-state index contributed by atoms with van der Waals surface area (Å²) in [6.45, 7) is 2.29. The number of hydrogen-bond donors (Lipinski definition) is 0. The summed E-state index contributed by atoms with van der Waals surface area (Å²) in [6, 6.07) is 9.51. The Morgan fingerprint density at radius 1 is 1.32 bits per heavy atom. The molecule has 0 bridgehead atoms. The van der Waals surface area contributed by atoms with Crippen molar-refractivity contribution in [2.45, 2.75) is 6.42 Å². The van der Waals surface area contributed by atoms with E-state index in [9.17, 15) is 8.42 Å². The number of halogens is 1. The third-order valence-corrected chi connectivity index (χ3v) is 5.89. The van der Waals surface area contributed by atoms with Gasteiger partial charge in [-0.25, -0.2) is 0 Å². The smallest absolute Gasteiger partial charge is 0.281 e. The summed E-state index contributed by atoms with van der Waals surface area (Å²) in [6.07, 6.45) is 0.193. The quantitative estimate of drug-likeness (QED) is 0.814. The van der Waals surface area contributed by atoms with E-state index >= 15 is 0 Å². The van der Waals surface area contributed by atoms with Crippen molar-refractivity contribution >= 4 is 27.5 Å². The van der Waals surface area contributed by atoms with E-state index in [2.05, 4.69) is 4.90 Å². The van der Waals surface area contributed by atoms with Crippen LogP contribution in [0.25, 0.3) is 0 Å². The summed E-state index contributed by atoms with van der Waals surface area (Å²) in [7, 11) is -1.98. The van der Waals surface area contributed by atoms with Crippen molar-refractivity contribution in [2.24, 2.45) is 0 Å². The molecule has 1 aromatic carbocycles. The Morgan fingerprint density at radius 3 is 2.59 bits per heavy atom. The van der Waals surface area contributed by atoms with Gasteiger partial charge in [-0.1, -0.05) is 17.7 Å². The van der Waals surface area contributed by atoms with Gasteiger partial charge in [-0.15, -0.1) is 0 Å². The third kappa shape index (κ3) is 3.90. The molecule has 1 aliphatic heterocycles. The topological polar surface area (TPSA) is 67.6 Å². The average molecular weight is 343 g/mol. The predicted octanol–water partition coefficient (Wildman–Crippen LogP) is 1.55. The summed E-state index contributed by atoms with van der Waals surface area (Å²) in [5.41, 5.74) is 1.00. The van der Waals surface area contributed by atoms with Crippen LogP contribution in [-0.2, 0) is 10.2 Å². The zero-order chi connectivity index (χ0) is 16.2. The highest BCUT2D eigenvalue weighted by atomic mass is 35.5. The van der Waals surface area contributed by atoms with Crippen LogP contribution in [0.2, 0.25) is 5.02 Å². The molecular weight excluding hydrogens is 324 g/mol. The molecule has 1 fully saturated rings. The van der Waals surface area contributed by atoms with Gasteiger partial charge in [0.25, 0.3) is 10.2 Å². The summed E-state index contributed by atoms with van der Waals surface area (Å²) >= 11 is 5.99. The van der Waals surface area contributed by atoms with Gasteiger partial charge in [0, 0.05) is 56.9 Å². The van der Waals surface area contributed by atoms with Crippen molar-refractivity contribution in [3.63, 3.8) is 0 Å². The normalized spacial score (nSPS) is 16.7. The highest BCUT2D eigenvalue weighted by Gasteiger charge is 2.30. The number of piperazine rings is 1. The molecule has 0 saturated carbocycles. The van der Waals surface area contributed by atoms with E-state index < -0.39 is 10.2 Å². The van der Waals surface area contributed by atoms with Crippen molar-refractivity contribution in [1.29, 1.82) is 5.26 Å². The van der Waals surface area contributed by atoms with Crippen LogP contribution in [0.15, 0.2) is 24.3 Å². The molecule has 0 radical (unpaired) electrons. The molecule has 22 heavy (non-hydrogen) atoms. The second kappa shape index (κ2) is 7.29. The molecule has 1 saturated heterocycles. The Kier molecular flexibility index (Phi) is 5.64. The summed E-state index contributed by atoms with van der Waals surface area (Å²) in [5, 5.41) is 9.24. The van der Waals surface area contributed by atoms with E-state index in [1.165, 1.54) is 15.7 Å². The Hall–Kier alpha value is -1.33. The maximum absolute atomic E-state index is 12.4. The van der Waals surface area contributed by atoms with Gasteiger partial charge in [-0.05, 0) is 18.2 Å². The SMILES string of the molecule is CN(CCC#N)S(=O)(=O)N1CCN(c2cccc(Cl)c2)CC1. The number of nitrogens with zero attached hydrogens (tertiary/aromatic N) is 4. The van der Waals surface area contributed by atoms with Crippen molar-refractivity contribution in [3.8, 4) is 6.07 Å². The number of rotatable bonds is 5. The zero-order valence-corrected chi connectivity index (χ0v) is 14.0. The van der Waals surface area contributed by atoms with Gasteiger partial charge in [0.1, 0.15) is 0 Å². The minimum Gasteiger partial charge on any atom is -0.369 e. The molecule has 0 N–H and O–H groups in total. The Labute approximate surface area is 136 Å². The number of anilines is 1. The highest BCUT2D eigenvalue weighted by molar-refractivity contribution is 7.86. The van der Waals surface area contributed by atoms with Gasteiger partial charge < -0.3 is 4.90 Å². The lowest BCUT2D eigenvalue weighted by atomic mass is 10.2. The van der Waals surface area contributed by atoms with Crippen LogP contribution in [0, 0.1) is 11.3 Å². The van der Waals surface area contributed by atoms with Crippen LogP contribution in [-0.4, -0.2) is 56.8 Å². The second-order valence-corrected chi connectivity index (χ2v) is 7.58. The number of benzene rings is 1. The average Bonchev–Trinajstić information content (AvgIpc) is 2.52. The van der Waals surface area contributed by atoms with Crippen LogP contribution in [0.4, 0.5) is 5.69 Å². The van der Waals surface area contributed by atoms with Gasteiger partial charge in [-0.2, -0.15) is 22.3 Å². The van der Waals surface area contributed by atoms with Crippen molar-refractivity contribution < 1.29 is 8.42 Å². The van der Waals surface area contributed by atoms with E-state index in [1.54, 1.807) is 0 Å². The fourth-order valence-electron chi connectivity index (χ4n) is 2.37. The molecule has 0 aliphatic carbocycles. The lowest BCUT2D eigenvalue weighted by Crippen LogP contribution is -2.52. The first-order valence-corrected chi connectivity index (χ1v) is 8.81. The molecular formula is C14H19ClN4O2S. The summed E-state index contributed by atoms with van der Waals surface area (Å²) in [5.74, 6) is 0. The first-order valence-electron chi connectivity index (χ1n) is 7.04. The van der Waals surface area contributed by atoms with Crippen LogP contribution in [0.5, 0.6) is 0 Å². The molecule has 1 heterocycles. The third-order valence-electron chi connectivity index (χ3n) is 3.67. The van der Waals surface area contributed by atoms with Gasteiger partial charge in [0.2, 0.25) is 0 Å². The Balaban J connectivity index is 1.98. The van der Waals surface area contributed by atoms with Gasteiger partial charge in [0.05, 0.1) is 6.07 Å². The maximum atomic E-state index is 12.4. The highest BCUT2D eigenvalue weighted by Crippen LogP contribution is 2.21. The first-order chi connectivity index (χ1) is 10.4. The van der Waals surface area contributed by atoms with Crippen LogP contribution in [0.3, 0.4) is 0 Å². The molecule has 0 atom stereocenters. The van der Waals surface area contributed by atoms with E-state index in [-0.39, 0.29) is 13.0 Å². The minimum absolute atomic E-state index is 0.193. The molecule has 6 nitrogen and oxygen atoms in total. The molecule has 0 amide bonds. The van der Waals surface area contributed by atoms with Gasteiger partial charge in [0.15, 0.2) is 0 Å². The molecule has 0 aromatic heterocycles. The summed E-state index contributed by atoms with van der Waals surface area (Å²) < 4.78 is 27.5. The van der Waals surface area contributed by atoms with Crippen molar-refractivity contribution in [2.75, 3.05) is 44.7 Å². The zero-order valence-electron chi connectivity index (χ0n) is 12.4. The second-order valence-electron chi connectivity index (χ2n) is 5.10. The molecule has 120 valence electrons. The molecule has 0 unspecified atom stereocenters. The van der Waals surface area contributed by atoms with E-state index in [0.717, 1.165) is 5.69 Å². The van der Waals surface area contributed by atoms with Crippen LogP contribution < -0.4 is 4.90 Å². The van der Waals surface area contributed by atoms with Gasteiger partial charge >= 0.3 is 0 Å². The van der Waals surface area contributed by atoms with Gasteiger partial charge in [-0.3, -0.25) is 0 Å². The maximum Gasteiger partial charge on any atom is 0.281 e. The monoisotopic (exact) mass is 342 g/mol. The standard InChI is InChI=1S/C14H19ClN4O2S/c1-17(7-3-6-16)22(20,21)19-10-8-18(9-11-19)14-5-2-4-13(15)12-14/h2,4-5,12H,3,7-11H2,1H3. The van der Waals surface area contributed by atoms with E-state index in [4.69, 9.17) is 16.9 Å². The number of nitriles is 1. The lowest BCUT2D eigenvalue weighted by molar-refractivity contribution is 0.344. The fraction of sp³-hybridized carbons (Fsp3) is 0.500. The minimum atomic E-state index is -3.49. The molecule has 0 spiro atoms.